The number of carbonyl (C=O) groups excluding carboxylic acids is 1. The van der Waals surface area contributed by atoms with E-state index in [4.69, 9.17) is 9.94 Å². The number of nitrogens with one attached hydrogen (secondary N) is 2. The first-order chi connectivity index (χ1) is 11.5. The Kier molecular flexibility index (Phi) is 5.83. The molecule has 0 aliphatic carbocycles. The number of hydrogen-bond acceptors (Lipinski definition) is 6. The Morgan fingerprint density at radius 1 is 1.33 bits per heavy atom. The summed E-state index contributed by atoms with van der Waals surface area (Å²) in [4.78, 5) is 12.2. The Morgan fingerprint density at radius 3 is 2.50 bits per heavy atom. The first-order valence-corrected chi connectivity index (χ1v) is 8.98. The summed E-state index contributed by atoms with van der Waals surface area (Å²) in [5, 5.41) is 12.0. The lowest BCUT2D eigenvalue weighted by Gasteiger charge is -2.34. The fourth-order valence-electron chi connectivity index (χ4n) is 2.68. The summed E-state index contributed by atoms with van der Waals surface area (Å²) in [6.45, 7) is 2.67. The molecule has 0 unspecified atom stereocenters. The maximum absolute atomic E-state index is 13.0. The van der Waals surface area contributed by atoms with Crippen LogP contribution in [0.1, 0.15) is 19.8 Å². The van der Waals surface area contributed by atoms with E-state index in [1.807, 2.05) is 0 Å². The van der Waals surface area contributed by atoms with Crippen molar-refractivity contribution in [3.05, 3.63) is 24.3 Å². The van der Waals surface area contributed by atoms with Gasteiger partial charge in [0.1, 0.15) is 12.4 Å². The number of rotatable bonds is 5. The second kappa shape index (κ2) is 7.66. The minimum absolute atomic E-state index is 0.0157. The molecule has 1 aliphatic heterocycles. The summed E-state index contributed by atoms with van der Waals surface area (Å²) in [5.41, 5.74) is 1.51. The van der Waals surface area contributed by atoms with E-state index >= 15 is 0 Å². The van der Waals surface area contributed by atoms with Crippen LogP contribution in [0.5, 0.6) is 5.75 Å². The van der Waals surface area contributed by atoms with Gasteiger partial charge in [-0.15, -0.1) is 5.92 Å². The molecular weight excluding hydrogens is 332 g/mol. The molecule has 24 heavy (non-hydrogen) atoms. The third-order valence-electron chi connectivity index (χ3n) is 4.06. The second-order valence-corrected chi connectivity index (χ2v) is 7.64. The molecule has 1 aliphatic rings. The second-order valence-electron chi connectivity index (χ2n) is 5.38. The van der Waals surface area contributed by atoms with Gasteiger partial charge < -0.3 is 10.1 Å². The standard InChI is InChI=1S/C16H20N2O5S/c1-2-3-12-23-13-4-6-14(7-5-13)24(21,22)16(15(19)18-20)8-10-17-11-9-16/h4-7,17,20H,8-12H2,1H3,(H,18,19). The maximum atomic E-state index is 13.0. The zero-order chi connectivity index (χ0) is 17.6. The van der Waals surface area contributed by atoms with Crippen molar-refractivity contribution in [2.45, 2.75) is 29.4 Å². The van der Waals surface area contributed by atoms with Gasteiger partial charge in [0.15, 0.2) is 14.6 Å². The summed E-state index contributed by atoms with van der Waals surface area (Å²) in [5.74, 6) is 5.03. The topological polar surface area (TPSA) is 105 Å². The molecule has 0 atom stereocenters. The average molecular weight is 352 g/mol. The van der Waals surface area contributed by atoms with Crippen molar-refractivity contribution in [2.24, 2.45) is 0 Å². The Labute approximate surface area is 141 Å². The van der Waals surface area contributed by atoms with Crippen LogP contribution in [0.2, 0.25) is 0 Å². The van der Waals surface area contributed by atoms with Crippen LogP contribution in [0, 0.1) is 11.8 Å². The molecule has 1 saturated heterocycles. The van der Waals surface area contributed by atoms with E-state index in [-0.39, 0.29) is 24.3 Å². The van der Waals surface area contributed by atoms with Crippen LogP contribution in [0.25, 0.3) is 0 Å². The fraction of sp³-hybridized carbons (Fsp3) is 0.438. The Bertz CT molecular complexity index is 741. The lowest BCUT2D eigenvalue weighted by atomic mass is 9.96. The number of sulfone groups is 1. The zero-order valence-corrected chi connectivity index (χ0v) is 14.1. The lowest BCUT2D eigenvalue weighted by molar-refractivity contribution is -0.132. The molecule has 0 aromatic heterocycles. The van der Waals surface area contributed by atoms with Crippen LogP contribution < -0.4 is 15.5 Å². The van der Waals surface area contributed by atoms with E-state index in [2.05, 4.69) is 17.2 Å². The number of hydrogen-bond donors (Lipinski definition) is 3. The number of carbonyl (C=O) groups is 1. The minimum atomic E-state index is -3.97. The normalized spacial score (nSPS) is 16.6. The molecule has 1 aromatic rings. The molecule has 1 aromatic carbocycles. The van der Waals surface area contributed by atoms with Gasteiger partial charge in [-0.1, -0.05) is 5.92 Å². The van der Waals surface area contributed by atoms with Gasteiger partial charge in [0.05, 0.1) is 4.90 Å². The van der Waals surface area contributed by atoms with Gasteiger partial charge in [0.25, 0.3) is 5.91 Å². The van der Waals surface area contributed by atoms with Crippen molar-refractivity contribution in [3.63, 3.8) is 0 Å². The molecule has 7 nitrogen and oxygen atoms in total. The Balaban J connectivity index is 2.32. The quantitative estimate of drug-likeness (QED) is 0.405. The number of ether oxygens (including phenoxy) is 1. The van der Waals surface area contributed by atoms with Crippen molar-refractivity contribution in [2.75, 3.05) is 19.7 Å². The third kappa shape index (κ3) is 3.38. The molecule has 0 spiro atoms. The molecule has 0 saturated carbocycles. The van der Waals surface area contributed by atoms with Crippen molar-refractivity contribution >= 4 is 15.7 Å². The Morgan fingerprint density at radius 2 is 1.96 bits per heavy atom. The molecule has 1 heterocycles. The predicted octanol–water partition coefficient (Wildman–Crippen LogP) is 0.490. The van der Waals surface area contributed by atoms with E-state index in [0.29, 0.717) is 18.8 Å². The third-order valence-corrected chi connectivity index (χ3v) is 6.58. The highest BCUT2D eigenvalue weighted by molar-refractivity contribution is 7.93. The fourth-order valence-corrected chi connectivity index (χ4v) is 4.66. The van der Waals surface area contributed by atoms with E-state index in [1.54, 1.807) is 6.92 Å². The summed E-state index contributed by atoms with van der Waals surface area (Å²) >= 11 is 0. The first-order valence-electron chi connectivity index (χ1n) is 7.50. The number of amides is 1. The van der Waals surface area contributed by atoms with Crippen molar-refractivity contribution in [1.82, 2.24) is 10.8 Å². The van der Waals surface area contributed by atoms with Crippen LogP contribution in [0.15, 0.2) is 29.2 Å². The number of hydroxylamine groups is 1. The monoisotopic (exact) mass is 352 g/mol. The molecular formula is C16H20N2O5S. The van der Waals surface area contributed by atoms with Gasteiger partial charge in [-0.25, -0.2) is 13.9 Å². The van der Waals surface area contributed by atoms with Crippen LogP contribution in [-0.4, -0.2) is 44.0 Å². The highest BCUT2D eigenvalue weighted by Gasteiger charge is 2.51. The maximum Gasteiger partial charge on any atom is 0.265 e. The largest absolute Gasteiger partial charge is 0.481 e. The highest BCUT2D eigenvalue weighted by Crippen LogP contribution is 2.34. The smallest absolute Gasteiger partial charge is 0.265 e. The van der Waals surface area contributed by atoms with Gasteiger partial charge in [-0.2, -0.15) is 0 Å². The van der Waals surface area contributed by atoms with Crippen LogP contribution in [0.4, 0.5) is 0 Å². The van der Waals surface area contributed by atoms with E-state index in [0.717, 1.165) is 0 Å². The molecule has 130 valence electrons. The summed E-state index contributed by atoms with van der Waals surface area (Å²) in [6, 6.07) is 5.85. The van der Waals surface area contributed by atoms with Crippen molar-refractivity contribution < 1.29 is 23.2 Å². The van der Waals surface area contributed by atoms with Gasteiger partial charge in [-0.05, 0) is 57.1 Å². The lowest BCUT2D eigenvalue weighted by Crippen LogP contribution is -2.57. The molecule has 8 heteroatoms. The van der Waals surface area contributed by atoms with Gasteiger partial charge >= 0.3 is 0 Å². The van der Waals surface area contributed by atoms with Crippen LogP contribution in [-0.2, 0) is 14.6 Å². The van der Waals surface area contributed by atoms with Gasteiger partial charge in [0.2, 0.25) is 0 Å². The molecule has 1 amide bonds. The minimum Gasteiger partial charge on any atom is -0.481 e. The summed E-state index contributed by atoms with van der Waals surface area (Å²) in [7, 11) is -3.97. The number of piperidine rings is 1. The van der Waals surface area contributed by atoms with E-state index < -0.39 is 20.5 Å². The number of benzene rings is 1. The predicted molar refractivity (Wildman–Crippen MR) is 87.3 cm³/mol. The highest BCUT2D eigenvalue weighted by atomic mass is 32.2. The summed E-state index contributed by atoms with van der Waals surface area (Å²) < 4.78 is 29.7. The van der Waals surface area contributed by atoms with E-state index in [9.17, 15) is 13.2 Å². The first kappa shape index (κ1) is 18.3. The van der Waals surface area contributed by atoms with Gasteiger partial charge in [-0.3, -0.25) is 10.0 Å². The molecule has 2 rings (SSSR count). The molecule has 0 bridgehead atoms. The van der Waals surface area contributed by atoms with E-state index in [1.165, 1.54) is 29.7 Å². The molecule has 1 fully saturated rings. The summed E-state index contributed by atoms with van der Waals surface area (Å²) in [6.07, 6.45) is 0.179. The Hall–Kier alpha value is -2.08. The average Bonchev–Trinajstić information content (AvgIpc) is 2.62. The molecule has 3 N–H and O–H groups in total. The van der Waals surface area contributed by atoms with Crippen LogP contribution >= 0.6 is 0 Å². The van der Waals surface area contributed by atoms with Crippen LogP contribution in [0.3, 0.4) is 0 Å². The van der Waals surface area contributed by atoms with Crippen molar-refractivity contribution in [3.8, 4) is 17.6 Å². The molecule has 0 radical (unpaired) electrons. The zero-order valence-electron chi connectivity index (χ0n) is 13.3. The SMILES string of the molecule is CC#CCOc1ccc(S(=O)(=O)C2(C(=O)NO)CCNCC2)cc1. The van der Waals surface area contributed by atoms with Crippen molar-refractivity contribution in [1.29, 1.82) is 0 Å². The van der Waals surface area contributed by atoms with Gasteiger partial charge in [0, 0.05) is 0 Å².